The fraction of sp³-hybridized carbons (Fsp3) is 0.375. The highest BCUT2D eigenvalue weighted by Crippen LogP contribution is 2.13. The number of nitrogens with two attached hydrogens (primary N) is 1. The van der Waals surface area contributed by atoms with Crippen LogP contribution in [0.1, 0.15) is 32.8 Å². The van der Waals surface area contributed by atoms with Crippen LogP contribution in [-0.2, 0) is 4.74 Å². The molecule has 1 heterocycles. The number of esters is 1. The van der Waals surface area contributed by atoms with Gasteiger partial charge in [-0.2, -0.15) is 0 Å². The van der Waals surface area contributed by atoms with Crippen LogP contribution in [0, 0.1) is 0 Å². The average Bonchev–Trinajstić information content (AvgIpc) is 2.62. The predicted molar refractivity (Wildman–Crippen MR) is 51.2 cm³/mol. The molecule has 0 aliphatic carbocycles. The summed E-state index contributed by atoms with van der Waals surface area (Å²) >= 11 is 0.939. The Bertz CT molecular complexity index is 348. The van der Waals surface area contributed by atoms with Crippen LogP contribution in [0.15, 0.2) is 6.20 Å². The highest BCUT2D eigenvalue weighted by Gasteiger charge is 2.13. The third-order valence-corrected chi connectivity index (χ3v) is 2.35. The number of hydrogen-bond acceptors (Lipinski definition) is 5. The van der Waals surface area contributed by atoms with E-state index in [1.165, 1.54) is 6.20 Å². The molecule has 1 rings (SSSR count). The van der Waals surface area contributed by atoms with E-state index in [0.29, 0.717) is 11.5 Å². The van der Waals surface area contributed by atoms with E-state index in [2.05, 4.69) is 4.98 Å². The van der Waals surface area contributed by atoms with Crippen LogP contribution in [-0.4, -0.2) is 23.5 Å². The Morgan fingerprint density at radius 2 is 2.36 bits per heavy atom. The van der Waals surface area contributed by atoms with E-state index < -0.39 is 11.9 Å². The summed E-state index contributed by atoms with van der Waals surface area (Å²) in [5.74, 6) is -1.10. The molecule has 0 unspecified atom stereocenters. The van der Waals surface area contributed by atoms with E-state index in [9.17, 15) is 9.59 Å². The lowest BCUT2D eigenvalue weighted by Gasteiger charge is -1.98. The summed E-state index contributed by atoms with van der Waals surface area (Å²) in [6.45, 7) is 2.26. The topological polar surface area (TPSA) is 82.3 Å². The second-order valence-corrected chi connectivity index (χ2v) is 3.56. The quantitative estimate of drug-likeness (QED) is 0.752. The molecule has 0 fully saturated rings. The Kier molecular flexibility index (Phi) is 3.58. The van der Waals surface area contributed by atoms with Gasteiger partial charge in [-0.05, 0) is 6.42 Å². The summed E-state index contributed by atoms with van der Waals surface area (Å²) < 4.78 is 4.85. The summed E-state index contributed by atoms with van der Waals surface area (Å²) in [5.41, 5.74) is 4.98. The van der Waals surface area contributed by atoms with Crippen molar-refractivity contribution in [3.05, 3.63) is 16.1 Å². The molecule has 2 N–H and O–H groups in total. The number of aromatic nitrogens is 1. The van der Waals surface area contributed by atoms with Gasteiger partial charge < -0.3 is 10.5 Å². The number of rotatable bonds is 4. The zero-order valence-corrected chi connectivity index (χ0v) is 8.47. The molecule has 76 valence electrons. The first-order valence-electron chi connectivity index (χ1n) is 4.08. The standard InChI is InChI=1S/C8H10N2O3S/c1-2-3-13-8(12)5-4-10-7(14-5)6(9)11/h4H,2-3H2,1H3,(H2,9,11). The summed E-state index contributed by atoms with van der Waals surface area (Å²) in [4.78, 5) is 25.9. The van der Waals surface area contributed by atoms with Crippen molar-refractivity contribution in [2.45, 2.75) is 13.3 Å². The Labute approximate surface area is 84.9 Å². The lowest BCUT2D eigenvalue weighted by atomic mass is 10.5. The van der Waals surface area contributed by atoms with Crippen molar-refractivity contribution in [3.8, 4) is 0 Å². The van der Waals surface area contributed by atoms with Crippen molar-refractivity contribution in [2.24, 2.45) is 5.73 Å². The van der Waals surface area contributed by atoms with E-state index in [1.807, 2.05) is 6.92 Å². The van der Waals surface area contributed by atoms with Gasteiger partial charge in [0.05, 0.1) is 12.8 Å². The molecule has 0 radical (unpaired) electrons. The molecule has 1 aromatic rings. The van der Waals surface area contributed by atoms with Gasteiger partial charge in [-0.3, -0.25) is 4.79 Å². The second-order valence-electron chi connectivity index (χ2n) is 2.53. The molecule has 0 aliphatic heterocycles. The minimum atomic E-state index is -0.635. The largest absolute Gasteiger partial charge is 0.461 e. The maximum atomic E-state index is 11.2. The number of amides is 1. The normalized spacial score (nSPS) is 9.79. The molecule has 0 aliphatic rings. The minimum absolute atomic E-state index is 0.119. The molecule has 0 spiro atoms. The second kappa shape index (κ2) is 4.71. The summed E-state index contributed by atoms with van der Waals surface area (Å²) in [6.07, 6.45) is 2.05. The van der Waals surface area contributed by atoms with Crippen molar-refractivity contribution in [3.63, 3.8) is 0 Å². The predicted octanol–water partition coefficient (Wildman–Crippen LogP) is 0.809. The lowest BCUT2D eigenvalue weighted by molar-refractivity contribution is 0.0510. The van der Waals surface area contributed by atoms with Gasteiger partial charge in [0.1, 0.15) is 4.88 Å². The van der Waals surface area contributed by atoms with E-state index in [1.54, 1.807) is 0 Å². The first-order chi connectivity index (χ1) is 6.65. The summed E-state index contributed by atoms with van der Waals surface area (Å²) in [6, 6.07) is 0. The van der Waals surface area contributed by atoms with Crippen LogP contribution < -0.4 is 5.73 Å². The van der Waals surface area contributed by atoms with Crippen LogP contribution in [0.4, 0.5) is 0 Å². The highest BCUT2D eigenvalue weighted by atomic mass is 32.1. The molecule has 0 bridgehead atoms. The number of carbonyl (C=O) groups is 2. The first-order valence-corrected chi connectivity index (χ1v) is 4.89. The Hall–Kier alpha value is -1.43. The first kappa shape index (κ1) is 10.6. The molecule has 1 aromatic heterocycles. The lowest BCUT2D eigenvalue weighted by Crippen LogP contribution is -2.09. The fourth-order valence-electron chi connectivity index (χ4n) is 0.748. The van der Waals surface area contributed by atoms with Crippen LogP contribution >= 0.6 is 11.3 Å². The average molecular weight is 214 g/mol. The number of primary amides is 1. The van der Waals surface area contributed by atoms with Crippen LogP contribution in [0.5, 0.6) is 0 Å². The van der Waals surface area contributed by atoms with Gasteiger partial charge in [0.15, 0.2) is 5.01 Å². The van der Waals surface area contributed by atoms with E-state index >= 15 is 0 Å². The third kappa shape index (κ3) is 2.53. The molecule has 0 saturated carbocycles. The molecule has 0 saturated heterocycles. The Morgan fingerprint density at radius 3 is 2.86 bits per heavy atom. The maximum absolute atomic E-state index is 11.2. The van der Waals surface area contributed by atoms with Crippen LogP contribution in [0.2, 0.25) is 0 Å². The number of carbonyl (C=O) groups excluding carboxylic acids is 2. The fourth-order valence-corrected chi connectivity index (χ4v) is 1.41. The third-order valence-electron chi connectivity index (χ3n) is 1.35. The van der Waals surface area contributed by atoms with Gasteiger partial charge in [0, 0.05) is 0 Å². The molecule has 1 amide bonds. The Morgan fingerprint density at radius 1 is 1.64 bits per heavy atom. The zero-order valence-electron chi connectivity index (χ0n) is 7.65. The number of nitrogens with zero attached hydrogens (tertiary/aromatic N) is 1. The maximum Gasteiger partial charge on any atom is 0.349 e. The summed E-state index contributed by atoms with van der Waals surface area (Å²) in [5, 5.41) is 0.119. The van der Waals surface area contributed by atoms with Crippen molar-refractivity contribution in [1.82, 2.24) is 4.98 Å². The highest BCUT2D eigenvalue weighted by molar-refractivity contribution is 7.15. The van der Waals surface area contributed by atoms with Crippen molar-refractivity contribution >= 4 is 23.2 Å². The summed E-state index contributed by atoms with van der Waals surface area (Å²) in [7, 11) is 0. The van der Waals surface area contributed by atoms with Gasteiger partial charge in [-0.1, -0.05) is 6.92 Å². The Balaban J connectivity index is 2.66. The van der Waals surface area contributed by atoms with Gasteiger partial charge in [-0.15, -0.1) is 11.3 Å². The van der Waals surface area contributed by atoms with Crippen molar-refractivity contribution in [2.75, 3.05) is 6.61 Å². The minimum Gasteiger partial charge on any atom is -0.461 e. The van der Waals surface area contributed by atoms with E-state index in [-0.39, 0.29) is 5.01 Å². The van der Waals surface area contributed by atoms with E-state index in [4.69, 9.17) is 10.5 Å². The number of hydrogen-bond donors (Lipinski definition) is 1. The zero-order chi connectivity index (χ0) is 10.6. The smallest absolute Gasteiger partial charge is 0.349 e. The van der Waals surface area contributed by atoms with Crippen LogP contribution in [0.3, 0.4) is 0 Å². The van der Waals surface area contributed by atoms with Gasteiger partial charge >= 0.3 is 5.97 Å². The SMILES string of the molecule is CCCOC(=O)c1cnc(C(N)=O)s1. The molecular formula is C8H10N2O3S. The molecule has 0 atom stereocenters. The number of ether oxygens (including phenoxy) is 1. The molecular weight excluding hydrogens is 204 g/mol. The van der Waals surface area contributed by atoms with Gasteiger partial charge in [0.2, 0.25) is 0 Å². The van der Waals surface area contributed by atoms with E-state index in [0.717, 1.165) is 17.8 Å². The van der Waals surface area contributed by atoms with Gasteiger partial charge in [0.25, 0.3) is 5.91 Å². The van der Waals surface area contributed by atoms with Gasteiger partial charge in [-0.25, -0.2) is 9.78 Å². The van der Waals surface area contributed by atoms with Crippen LogP contribution in [0.25, 0.3) is 0 Å². The molecule has 0 aromatic carbocycles. The monoisotopic (exact) mass is 214 g/mol. The van der Waals surface area contributed by atoms with Crippen molar-refractivity contribution in [1.29, 1.82) is 0 Å². The van der Waals surface area contributed by atoms with Crippen molar-refractivity contribution < 1.29 is 14.3 Å². The molecule has 14 heavy (non-hydrogen) atoms. The molecule has 5 nitrogen and oxygen atoms in total. The number of thiazole rings is 1. The molecule has 6 heteroatoms.